The highest BCUT2D eigenvalue weighted by molar-refractivity contribution is 6.05. The highest BCUT2D eigenvalue weighted by Gasteiger charge is 2.36. The van der Waals surface area contributed by atoms with Crippen LogP contribution in [0.1, 0.15) is 39.4 Å². The lowest BCUT2D eigenvalue weighted by Gasteiger charge is -2.32. The van der Waals surface area contributed by atoms with E-state index in [1.807, 2.05) is 0 Å². The molecule has 29 heavy (non-hydrogen) atoms. The number of carbonyl (C=O) groups is 2. The summed E-state index contributed by atoms with van der Waals surface area (Å²) in [5.74, 6) is -3.34. The van der Waals surface area contributed by atoms with E-state index < -0.39 is 17.7 Å². The maximum absolute atomic E-state index is 13.4. The van der Waals surface area contributed by atoms with Crippen molar-refractivity contribution in [3.63, 3.8) is 0 Å². The van der Waals surface area contributed by atoms with Crippen LogP contribution in [-0.2, 0) is 0 Å². The third-order valence-electron chi connectivity index (χ3n) is 4.71. The first-order valence-corrected chi connectivity index (χ1v) is 8.90. The van der Waals surface area contributed by atoms with Gasteiger partial charge in [0.1, 0.15) is 0 Å². The van der Waals surface area contributed by atoms with E-state index in [0.29, 0.717) is 5.69 Å². The number of anilines is 1. The minimum Gasteiger partial charge on any atom is -0.493 e. The number of likely N-dealkylation sites (tertiary alicyclic amines) is 1. The second-order valence-corrected chi connectivity index (χ2v) is 6.63. The first kappa shape index (κ1) is 20.6. The number of ether oxygens (including phenoxy) is 2. The third kappa shape index (κ3) is 4.30. The van der Waals surface area contributed by atoms with Crippen LogP contribution in [-0.4, -0.2) is 54.9 Å². The van der Waals surface area contributed by atoms with Gasteiger partial charge in [0.05, 0.1) is 25.6 Å². The summed E-state index contributed by atoms with van der Waals surface area (Å²) >= 11 is 0. The number of piperidine rings is 1. The fourth-order valence-electron chi connectivity index (χ4n) is 3.10. The molecule has 0 unspecified atom stereocenters. The molecule has 1 saturated heterocycles. The molecule has 1 aromatic carbocycles. The molecule has 0 spiro atoms. The first-order valence-electron chi connectivity index (χ1n) is 8.90. The normalized spacial score (nSPS) is 15.7. The molecule has 3 rings (SSSR count). The Morgan fingerprint density at radius 1 is 1.21 bits per heavy atom. The van der Waals surface area contributed by atoms with Gasteiger partial charge in [-0.1, -0.05) is 0 Å². The van der Waals surface area contributed by atoms with Crippen LogP contribution in [0.4, 0.5) is 14.5 Å². The van der Waals surface area contributed by atoms with Crippen LogP contribution in [0, 0.1) is 6.92 Å². The number of methoxy groups -OCH3 is 2. The van der Waals surface area contributed by atoms with E-state index >= 15 is 0 Å². The minimum absolute atomic E-state index is 0.0148. The van der Waals surface area contributed by atoms with Gasteiger partial charge in [0, 0.05) is 31.5 Å². The summed E-state index contributed by atoms with van der Waals surface area (Å²) in [6.07, 6.45) is 0.370. The number of hydrogen-bond acceptors (Lipinski definition) is 6. The van der Waals surface area contributed by atoms with Gasteiger partial charge in [0.2, 0.25) is 5.76 Å². The molecule has 2 amide bonds. The van der Waals surface area contributed by atoms with Crippen molar-refractivity contribution < 1.29 is 32.3 Å². The average molecular weight is 409 g/mol. The number of halogens is 2. The van der Waals surface area contributed by atoms with Crippen LogP contribution in [0.25, 0.3) is 0 Å². The molecule has 0 aliphatic carbocycles. The molecule has 1 aliphatic rings. The van der Waals surface area contributed by atoms with Gasteiger partial charge in [-0.05, 0) is 19.1 Å². The molecular weight excluding hydrogens is 388 g/mol. The Bertz CT molecular complexity index is 919. The Labute approximate surface area is 165 Å². The van der Waals surface area contributed by atoms with Crippen LogP contribution in [0.2, 0.25) is 0 Å². The molecule has 156 valence electrons. The number of aromatic nitrogens is 1. The van der Waals surface area contributed by atoms with Crippen LogP contribution >= 0.6 is 0 Å². The van der Waals surface area contributed by atoms with Crippen molar-refractivity contribution >= 4 is 17.5 Å². The van der Waals surface area contributed by atoms with Gasteiger partial charge in [0.25, 0.3) is 17.7 Å². The van der Waals surface area contributed by atoms with Crippen molar-refractivity contribution in [1.29, 1.82) is 0 Å². The van der Waals surface area contributed by atoms with Gasteiger partial charge in [-0.2, -0.15) is 0 Å². The number of carbonyl (C=O) groups excluding carboxylic acids is 2. The van der Waals surface area contributed by atoms with Gasteiger partial charge >= 0.3 is 0 Å². The minimum atomic E-state index is -2.76. The zero-order chi connectivity index (χ0) is 21.2. The van der Waals surface area contributed by atoms with E-state index in [1.165, 1.54) is 31.3 Å². The highest BCUT2D eigenvalue weighted by atomic mass is 19.3. The van der Waals surface area contributed by atoms with Crippen LogP contribution < -0.4 is 14.8 Å². The number of nitrogens with one attached hydrogen (secondary N) is 1. The number of amides is 2. The van der Waals surface area contributed by atoms with Crippen molar-refractivity contribution in [3.05, 3.63) is 35.5 Å². The fraction of sp³-hybridized carbons (Fsp3) is 0.421. The van der Waals surface area contributed by atoms with Gasteiger partial charge in [-0.15, -0.1) is 0 Å². The van der Waals surface area contributed by atoms with E-state index in [9.17, 15) is 18.4 Å². The van der Waals surface area contributed by atoms with Crippen molar-refractivity contribution in [2.75, 3.05) is 32.6 Å². The number of nitrogens with zero attached hydrogens (tertiary/aromatic N) is 2. The van der Waals surface area contributed by atoms with Crippen LogP contribution in [0.3, 0.4) is 0 Å². The Kier molecular flexibility index (Phi) is 5.71. The van der Waals surface area contributed by atoms with Gasteiger partial charge in [0.15, 0.2) is 17.9 Å². The lowest BCUT2D eigenvalue weighted by atomic mass is 10.0. The molecule has 8 nitrogen and oxygen atoms in total. The summed E-state index contributed by atoms with van der Waals surface area (Å²) in [4.78, 5) is 30.6. The van der Waals surface area contributed by atoms with Crippen LogP contribution in [0.15, 0.2) is 22.9 Å². The molecule has 1 fully saturated rings. The second-order valence-electron chi connectivity index (χ2n) is 6.63. The fourth-order valence-corrected chi connectivity index (χ4v) is 3.10. The summed E-state index contributed by atoms with van der Waals surface area (Å²) in [6.45, 7) is 1.50. The van der Waals surface area contributed by atoms with E-state index in [4.69, 9.17) is 13.9 Å². The third-order valence-corrected chi connectivity index (χ3v) is 4.71. The maximum atomic E-state index is 13.4. The van der Waals surface area contributed by atoms with E-state index in [-0.39, 0.29) is 54.4 Å². The monoisotopic (exact) mass is 409 g/mol. The standard InChI is InChI=1S/C19H21F2N3O5/c1-11-15(29-10-22-11)17(25)23-13-8-12(9-14(27-2)16(13)28-3)18(26)24-6-4-19(20,21)5-7-24/h8-10H,4-7H2,1-3H3,(H,23,25). The molecule has 0 saturated carbocycles. The number of alkyl halides is 2. The Morgan fingerprint density at radius 3 is 2.45 bits per heavy atom. The Morgan fingerprint density at radius 2 is 1.90 bits per heavy atom. The molecular formula is C19H21F2N3O5. The van der Waals surface area contributed by atoms with E-state index in [0.717, 1.165) is 6.39 Å². The lowest BCUT2D eigenvalue weighted by Crippen LogP contribution is -2.42. The largest absolute Gasteiger partial charge is 0.493 e. The number of rotatable bonds is 5. The summed E-state index contributed by atoms with van der Waals surface area (Å²) in [5.41, 5.74) is 0.755. The van der Waals surface area contributed by atoms with Gasteiger partial charge in [-0.25, -0.2) is 13.8 Å². The molecule has 2 aromatic rings. The number of benzene rings is 1. The Hall–Kier alpha value is -3.17. The molecule has 10 heteroatoms. The molecule has 2 heterocycles. The number of oxazole rings is 1. The van der Waals surface area contributed by atoms with Gasteiger partial charge < -0.3 is 24.1 Å². The lowest BCUT2D eigenvalue weighted by molar-refractivity contribution is -0.0494. The number of aryl methyl sites for hydroxylation is 1. The van der Waals surface area contributed by atoms with Crippen molar-refractivity contribution in [1.82, 2.24) is 9.88 Å². The van der Waals surface area contributed by atoms with E-state index in [1.54, 1.807) is 6.92 Å². The summed E-state index contributed by atoms with van der Waals surface area (Å²) in [7, 11) is 2.78. The van der Waals surface area contributed by atoms with Crippen molar-refractivity contribution in [2.24, 2.45) is 0 Å². The predicted octanol–water partition coefficient (Wildman–Crippen LogP) is 3.12. The summed E-state index contributed by atoms with van der Waals surface area (Å²) in [5, 5.41) is 2.62. The summed E-state index contributed by atoms with van der Waals surface area (Å²) in [6, 6.07) is 2.86. The first-order chi connectivity index (χ1) is 13.8. The van der Waals surface area contributed by atoms with Crippen molar-refractivity contribution in [3.8, 4) is 11.5 Å². The zero-order valence-corrected chi connectivity index (χ0v) is 16.3. The molecule has 0 atom stereocenters. The molecule has 1 aromatic heterocycles. The molecule has 0 radical (unpaired) electrons. The summed E-state index contributed by atoms with van der Waals surface area (Å²) < 4.78 is 42.5. The molecule has 1 aliphatic heterocycles. The molecule has 1 N–H and O–H groups in total. The van der Waals surface area contributed by atoms with Gasteiger partial charge in [-0.3, -0.25) is 9.59 Å². The number of hydrogen-bond donors (Lipinski definition) is 1. The Balaban J connectivity index is 1.91. The van der Waals surface area contributed by atoms with Crippen LogP contribution in [0.5, 0.6) is 11.5 Å². The molecule has 0 bridgehead atoms. The van der Waals surface area contributed by atoms with E-state index in [2.05, 4.69) is 10.3 Å². The predicted molar refractivity (Wildman–Crippen MR) is 98.8 cm³/mol. The maximum Gasteiger partial charge on any atom is 0.293 e. The second kappa shape index (κ2) is 8.06. The highest BCUT2D eigenvalue weighted by Crippen LogP contribution is 2.38. The zero-order valence-electron chi connectivity index (χ0n) is 16.3. The topological polar surface area (TPSA) is 93.9 Å². The smallest absolute Gasteiger partial charge is 0.293 e. The SMILES string of the molecule is COc1cc(C(=O)N2CCC(F)(F)CC2)cc(NC(=O)c2ocnc2C)c1OC. The van der Waals surface area contributed by atoms with Crippen molar-refractivity contribution in [2.45, 2.75) is 25.7 Å². The quantitative estimate of drug-likeness (QED) is 0.816. The average Bonchev–Trinajstić information content (AvgIpc) is 3.12.